The highest BCUT2D eigenvalue weighted by Crippen LogP contribution is 2.50. The number of likely N-dealkylation sites (tertiary alicyclic amines) is 1. The summed E-state index contributed by atoms with van der Waals surface area (Å²) in [7, 11) is 0.154. The molecule has 2 aliphatic heterocycles. The molecule has 1 spiro atoms. The summed E-state index contributed by atoms with van der Waals surface area (Å²) in [4.78, 5) is 2.46. The molecular formula is C21H29N3O4S. The fraction of sp³-hybridized carbons (Fsp3) is 0.619. The Morgan fingerprint density at radius 2 is 1.97 bits per heavy atom. The number of aliphatic hydroxyl groups excluding tert-OH is 1. The first kappa shape index (κ1) is 19.4. The number of methoxy groups -OCH3 is 1. The zero-order valence-electron chi connectivity index (χ0n) is 17.3. The van der Waals surface area contributed by atoms with Crippen molar-refractivity contribution < 1.29 is 18.3 Å². The molecule has 3 aliphatic rings. The number of aryl methyl sites for hydroxylation is 1. The average molecular weight is 420 g/mol. The van der Waals surface area contributed by atoms with Crippen LogP contribution in [0.4, 0.5) is 0 Å². The van der Waals surface area contributed by atoms with Gasteiger partial charge in [-0.2, -0.15) is 4.31 Å². The molecule has 8 heteroatoms. The maximum Gasteiger partial charge on any atom is 0.211 e. The molecule has 1 aliphatic carbocycles. The second kappa shape index (κ2) is 6.44. The summed E-state index contributed by atoms with van der Waals surface area (Å²) in [5.74, 6) is 1.58. The average Bonchev–Trinajstić information content (AvgIpc) is 3.43. The summed E-state index contributed by atoms with van der Waals surface area (Å²) in [6.45, 7) is 3.04. The van der Waals surface area contributed by atoms with Crippen molar-refractivity contribution in [2.24, 2.45) is 13.0 Å². The van der Waals surface area contributed by atoms with Gasteiger partial charge in [0.25, 0.3) is 0 Å². The van der Waals surface area contributed by atoms with Crippen molar-refractivity contribution in [3.63, 3.8) is 0 Å². The Labute approximate surface area is 171 Å². The first-order chi connectivity index (χ1) is 13.8. The van der Waals surface area contributed by atoms with Gasteiger partial charge in [0.1, 0.15) is 5.75 Å². The van der Waals surface area contributed by atoms with Crippen LogP contribution in [-0.4, -0.2) is 73.4 Å². The molecule has 1 saturated heterocycles. The molecule has 0 radical (unpaired) electrons. The van der Waals surface area contributed by atoms with Crippen LogP contribution in [0.25, 0.3) is 10.9 Å². The lowest BCUT2D eigenvalue weighted by molar-refractivity contribution is 0.0217. The number of fused-ring (bicyclic) bond motifs is 4. The van der Waals surface area contributed by atoms with E-state index in [-0.39, 0.29) is 12.0 Å². The van der Waals surface area contributed by atoms with Crippen LogP contribution < -0.4 is 4.74 Å². The van der Waals surface area contributed by atoms with Gasteiger partial charge in [-0.1, -0.05) is 0 Å². The van der Waals surface area contributed by atoms with Crippen LogP contribution in [0.15, 0.2) is 18.2 Å². The van der Waals surface area contributed by atoms with Crippen LogP contribution in [0.1, 0.15) is 30.1 Å². The minimum atomic E-state index is -3.46. The van der Waals surface area contributed by atoms with E-state index in [1.165, 1.54) is 29.0 Å². The van der Waals surface area contributed by atoms with E-state index in [0.29, 0.717) is 6.54 Å². The van der Waals surface area contributed by atoms with Gasteiger partial charge in [-0.25, -0.2) is 8.42 Å². The van der Waals surface area contributed by atoms with E-state index in [4.69, 9.17) is 4.74 Å². The predicted molar refractivity (Wildman–Crippen MR) is 112 cm³/mol. The SMILES string of the molecule is COc1ccc2c3c(n(C)c2c1)[C@@H](CO)N(S(C)(=O)=O)CC31CN(CC2CC2)C1. The summed E-state index contributed by atoms with van der Waals surface area (Å²) in [5.41, 5.74) is 2.91. The molecule has 5 rings (SSSR count). The molecule has 1 saturated carbocycles. The topological polar surface area (TPSA) is 75.0 Å². The second-order valence-corrected chi connectivity index (χ2v) is 11.0. The summed E-state index contributed by atoms with van der Waals surface area (Å²) in [6, 6.07) is 5.49. The summed E-state index contributed by atoms with van der Waals surface area (Å²) in [6.07, 6.45) is 3.87. The molecule has 2 aromatic rings. The van der Waals surface area contributed by atoms with Crippen LogP contribution in [-0.2, 0) is 22.5 Å². The van der Waals surface area contributed by atoms with E-state index >= 15 is 0 Å². The Bertz CT molecular complexity index is 1070. The standard InChI is InChI=1S/C21H29N3O4S/c1-22-17-8-15(28-2)6-7-16(17)19-20(22)18(10-25)24(29(3,26)27)13-21(19)11-23(12-21)9-14-4-5-14/h6-8,14,18,25H,4-5,9-13H2,1-3H3/t18-/m1/s1. The Balaban J connectivity index is 1.68. The zero-order valence-corrected chi connectivity index (χ0v) is 18.1. The highest BCUT2D eigenvalue weighted by atomic mass is 32.2. The van der Waals surface area contributed by atoms with Crippen molar-refractivity contribution in [3.05, 3.63) is 29.5 Å². The third-order valence-corrected chi connectivity index (χ3v) is 8.21. The summed E-state index contributed by atoms with van der Waals surface area (Å²) >= 11 is 0. The predicted octanol–water partition coefficient (Wildman–Crippen LogP) is 1.46. The van der Waals surface area contributed by atoms with Crippen molar-refractivity contribution in [3.8, 4) is 5.75 Å². The van der Waals surface area contributed by atoms with E-state index in [1.807, 2.05) is 19.2 Å². The minimum Gasteiger partial charge on any atom is -0.497 e. The third kappa shape index (κ3) is 2.91. The normalized spacial score (nSPS) is 24.6. The third-order valence-electron chi connectivity index (χ3n) is 6.97. The number of ether oxygens (including phenoxy) is 1. The van der Waals surface area contributed by atoms with Gasteiger partial charge in [0, 0.05) is 55.8 Å². The van der Waals surface area contributed by atoms with Crippen molar-refractivity contribution in [1.29, 1.82) is 0 Å². The van der Waals surface area contributed by atoms with Crippen LogP contribution in [0, 0.1) is 5.92 Å². The number of hydrogen-bond acceptors (Lipinski definition) is 5. The molecule has 0 bridgehead atoms. The van der Waals surface area contributed by atoms with Crippen molar-refractivity contribution in [2.75, 3.05) is 46.2 Å². The number of aromatic nitrogens is 1. The smallest absolute Gasteiger partial charge is 0.211 e. The molecule has 2 fully saturated rings. The van der Waals surface area contributed by atoms with Crippen molar-refractivity contribution in [1.82, 2.24) is 13.8 Å². The molecule has 158 valence electrons. The number of aliphatic hydroxyl groups is 1. The highest BCUT2D eigenvalue weighted by Gasteiger charge is 2.55. The number of benzene rings is 1. The van der Waals surface area contributed by atoms with E-state index < -0.39 is 16.1 Å². The van der Waals surface area contributed by atoms with Crippen LogP contribution in [0.5, 0.6) is 5.75 Å². The van der Waals surface area contributed by atoms with E-state index in [1.54, 1.807) is 7.11 Å². The van der Waals surface area contributed by atoms with Crippen molar-refractivity contribution >= 4 is 20.9 Å². The molecule has 7 nitrogen and oxygen atoms in total. The van der Waals surface area contributed by atoms with Crippen LogP contribution in [0.2, 0.25) is 0 Å². The lowest BCUT2D eigenvalue weighted by Crippen LogP contribution is -2.67. The maximum atomic E-state index is 12.7. The molecule has 1 aromatic heterocycles. The first-order valence-corrected chi connectivity index (χ1v) is 12.1. The summed E-state index contributed by atoms with van der Waals surface area (Å²) < 4.78 is 34.3. The Hall–Kier alpha value is -1.61. The van der Waals surface area contributed by atoms with Gasteiger partial charge in [0.15, 0.2) is 0 Å². The minimum absolute atomic E-state index is 0.229. The Morgan fingerprint density at radius 3 is 2.55 bits per heavy atom. The van der Waals surface area contributed by atoms with Crippen LogP contribution >= 0.6 is 0 Å². The quantitative estimate of drug-likeness (QED) is 0.794. The Kier molecular flexibility index (Phi) is 4.30. The maximum absolute atomic E-state index is 12.7. The molecule has 29 heavy (non-hydrogen) atoms. The first-order valence-electron chi connectivity index (χ1n) is 10.2. The molecule has 1 aromatic carbocycles. The van der Waals surface area contributed by atoms with Gasteiger partial charge in [0.2, 0.25) is 10.0 Å². The molecule has 1 atom stereocenters. The number of rotatable bonds is 5. The van der Waals surface area contributed by atoms with E-state index in [2.05, 4.69) is 15.5 Å². The fourth-order valence-corrected chi connectivity index (χ4v) is 6.63. The van der Waals surface area contributed by atoms with Gasteiger partial charge >= 0.3 is 0 Å². The largest absolute Gasteiger partial charge is 0.497 e. The van der Waals surface area contributed by atoms with Gasteiger partial charge in [-0.3, -0.25) is 0 Å². The fourth-order valence-electron chi connectivity index (χ4n) is 5.52. The lowest BCUT2D eigenvalue weighted by Gasteiger charge is -2.56. The summed E-state index contributed by atoms with van der Waals surface area (Å²) in [5, 5.41) is 11.3. The number of hydrogen-bond donors (Lipinski definition) is 1. The van der Waals surface area contributed by atoms with Gasteiger partial charge in [-0.15, -0.1) is 0 Å². The molecule has 3 heterocycles. The van der Waals surface area contributed by atoms with Gasteiger partial charge in [-0.05, 0) is 36.5 Å². The highest BCUT2D eigenvalue weighted by molar-refractivity contribution is 7.88. The molecular weight excluding hydrogens is 390 g/mol. The van der Waals surface area contributed by atoms with E-state index in [9.17, 15) is 13.5 Å². The zero-order chi connectivity index (χ0) is 20.6. The number of nitrogens with zero attached hydrogens (tertiary/aromatic N) is 3. The van der Waals surface area contributed by atoms with Crippen molar-refractivity contribution in [2.45, 2.75) is 24.3 Å². The van der Waals surface area contributed by atoms with E-state index in [0.717, 1.165) is 47.9 Å². The Morgan fingerprint density at radius 1 is 1.24 bits per heavy atom. The molecule has 0 unspecified atom stereocenters. The number of sulfonamides is 1. The van der Waals surface area contributed by atoms with Gasteiger partial charge in [0.05, 0.1) is 31.5 Å². The molecule has 1 N–H and O–H groups in total. The monoisotopic (exact) mass is 419 g/mol. The van der Waals surface area contributed by atoms with Gasteiger partial charge < -0.3 is 19.3 Å². The van der Waals surface area contributed by atoms with Crippen LogP contribution in [0.3, 0.4) is 0 Å². The molecule has 0 amide bonds. The lowest BCUT2D eigenvalue weighted by atomic mass is 9.69. The second-order valence-electron chi connectivity index (χ2n) is 9.10.